The van der Waals surface area contributed by atoms with Crippen LogP contribution >= 0.6 is 0 Å². The number of hydrogen-bond donors (Lipinski definition) is 1. The second kappa shape index (κ2) is 8.29. The van der Waals surface area contributed by atoms with Crippen LogP contribution in [0.3, 0.4) is 0 Å². The number of likely N-dealkylation sites (tertiary alicyclic amines) is 1. The molecule has 0 saturated carbocycles. The summed E-state index contributed by atoms with van der Waals surface area (Å²) < 4.78 is 6.85. The first-order valence-electron chi connectivity index (χ1n) is 8.12. The lowest BCUT2D eigenvalue weighted by atomic mass is 9.98. The van der Waals surface area contributed by atoms with E-state index in [4.69, 9.17) is 4.74 Å². The molecule has 1 aromatic heterocycles. The highest BCUT2D eigenvalue weighted by molar-refractivity contribution is 5.76. The number of amides is 1. The van der Waals surface area contributed by atoms with Crippen LogP contribution in [0.1, 0.15) is 25.3 Å². The van der Waals surface area contributed by atoms with E-state index in [0.29, 0.717) is 12.5 Å². The average molecular weight is 308 g/mol. The summed E-state index contributed by atoms with van der Waals surface area (Å²) in [5, 5.41) is 7.37. The van der Waals surface area contributed by atoms with Crippen molar-refractivity contribution in [2.75, 3.05) is 33.4 Å². The first-order valence-corrected chi connectivity index (χ1v) is 8.12. The summed E-state index contributed by atoms with van der Waals surface area (Å²) in [6, 6.07) is 0.237. The molecule has 124 valence electrons. The summed E-state index contributed by atoms with van der Waals surface area (Å²) in [4.78, 5) is 14.6. The Hall–Kier alpha value is -1.40. The van der Waals surface area contributed by atoms with Gasteiger partial charge in [-0.1, -0.05) is 13.3 Å². The molecular formula is C16H28N4O2. The molecule has 1 N–H and O–H groups in total. The minimum Gasteiger partial charge on any atom is -0.383 e. The van der Waals surface area contributed by atoms with E-state index in [-0.39, 0.29) is 11.9 Å². The van der Waals surface area contributed by atoms with Crippen LogP contribution in [0.25, 0.3) is 0 Å². The summed E-state index contributed by atoms with van der Waals surface area (Å²) in [7, 11) is 1.73. The highest BCUT2D eigenvalue weighted by Gasteiger charge is 2.32. The van der Waals surface area contributed by atoms with Crippen LogP contribution in [-0.4, -0.2) is 60.0 Å². The molecule has 0 unspecified atom stereocenters. The number of hydrogen-bond acceptors (Lipinski definition) is 4. The third-order valence-corrected chi connectivity index (χ3v) is 4.20. The summed E-state index contributed by atoms with van der Waals surface area (Å²) in [6.45, 7) is 8.10. The van der Waals surface area contributed by atoms with Gasteiger partial charge in [0.1, 0.15) is 6.54 Å². The predicted octanol–water partition coefficient (Wildman–Crippen LogP) is 1.05. The number of ether oxygens (including phenoxy) is 1. The second-order valence-corrected chi connectivity index (χ2v) is 6.19. The zero-order valence-corrected chi connectivity index (χ0v) is 13.9. The third kappa shape index (κ3) is 4.81. The van der Waals surface area contributed by atoms with Crippen LogP contribution in [0.4, 0.5) is 0 Å². The third-order valence-electron chi connectivity index (χ3n) is 4.20. The molecule has 2 atom stereocenters. The van der Waals surface area contributed by atoms with Crippen LogP contribution in [-0.2, 0) is 16.1 Å². The zero-order chi connectivity index (χ0) is 15.9. The van der Waals surface area contributed by atoms with Crippen molar-refractivity contribution in [3.63, 3.8) is 0 Å². The Morgan fingerprint density at radius 2 is 2.32 bits per heavy atom. The van der Waals surface area contributed by atoms with Crippen LogP contribution in [0, 0.1) is 12.8 Å². The summed E-state index contributed by atoms with van der Waals surface area (Å²) in [5.41, 5.74) is 1.07. The maximum Gasteiger partial charge on any atom is 0.242 e. The largest absolute Gasteiger partial charge is 0.383 e. The maximum absolute atomic E-state index is 12.2. The minimum absolute atomic E-state index is 0.0443. The number of rotatable bonds is 8. The first-order chi connectivity index (χ1) is 10.6. The van der Waals surface area contributed by atoms with Crippen LogP contribution in [0.5, 0.6) is 0 Å². The topological polar surface area (TPSA) is 59.4 Å². The van der Waals surface area contributed by atoms with E-state index >= 15 is 0 Å². The summed E-state index contributed by atoms with van der Waals surface area (Å²) >= 11 is 0. The minimum atomic E-state index is 0.0443. The highest BCUT2D eigenvalue weighted by Crippen LogP contribution is 2.21. The van der Waals surface area contributed by atoms with Crippen molar-refractivity contribution in [2.45, 2.75) is 39.3 Å². The van der Waals surface area contributed by atoms with Gasteiger partial charge in [-0.25, -0.2) is 0 Å². The van der Waals surface area contributed by atoms with Gasteiger partial charge in [0, 0.05) is 39.0 Å². The molecule has 0 aromatic carbocycles. The normalized spacial score (nSPS) is 22.1. The van der Waals surface area contributed by atoms with E-state index in [2.05, 4.69) is 22.2 Å². The van der Waals surface area contributed by atoms with E-state index in [0.717, 1.165) is 44.6 Å². The van der Waals surface area contributed by atoms with Crippen molar-refractivity contribution in [3.8, 4) is 0 Å². The van der Waals surface area contributed by atoms with Crippen molar-refractivity contribution in [3.05, 3.63) is 18.0 Å². The van der Waals surface area contributed by atoms with Gasteiger partial charge in [0.25, 0.3) is 0 Å². The maximum atomic E-state index is 12.2. The molecule has 0 bridgehead atoms. The fraction of sp³-hybridized carbons (Fsp3) is 0.750. The molecule has 6 heteroatoms. The van der Waals surface area contributed by atoms with Gasteiger partial charge < -0.3 is 10.1 Å². The smallest absolute Gasteiger partial charge is 0.242 e. The van der Waals surface area contributed by atoms with E-state index in [1.54, 1.807) is 18.0 Å². The average Bonchev–Trinajstić information content (AvgIpc) is 3.04. The molecule has 22 heavy (non-hydrogen) atoms. The fourth-order valence-corrected chi connectivity index (χ4v) is 3.14. The van der Waals surface area contributed by atoms with Crippen molar-refractivity contribution in [1.29, 1.82) is 0 Å². The Labute approximate surface area is 132 Å². The quantitative estimate of drug-likeness (QED) is 0.780. The Bertz CT molecular complexity index is 474. The van der Waals surface area contributed by atoms with E-state index < -0.39 is 0 Å². The highest BCUT2D eigenvalue weighted by atomic mass is 16.5. The van der Waals surface area contributed by atoms with Gasteiger partial charge in [-0.3, -0.25) is 14.4 Å². The van der Waals surface area contributed by atoms with Gasteiger partial charge in [-0.2, -0.15) is 5.10 Å². The molecular weight excluding hydrogens is 280 g/mol. The number of aromatic nitrogens is 2. The lowest BCUT2D eigenvalue weighted by Crippen LogP contribution is -2.42. The molecule has 1 fully saturated rings. The standard InChI is InChI=1S/C16H28N4O2/c1-4-5-14-10-19(6-7-22-3)11-15(14)18-16(21)12-20-9-13(2)8-17-20/h8-9,14-15H,4-7,10-12H2,1-3H3,(H,18,21)/t14-,15-/m0/s1. The Balaban J connectivity index is 1.86. The van der Waals surface area contributed by atoms with Gasteiger partial charge >= 0.3 is 0 Å². The molecule has 1 amide bonds. The van der Waals surface area contributed by atoms with Crippen molar-refractivity contribution in [2.24, 2.45) is 5.92 Å². The molecule has 1 aliphatic heterocycles. The number of nitrogens with one attached hydrogen (secondary N) is 1. The molecule has 0 spiro atoms. The van der Waals surface area contributed by atoms with Crippen molar-refractivity contribution in [1.82, 2.24) is 20.0 Å². The van der Waals surface area contributed by atoms with E-state index in [1.165, 1.54) is 0 Å². The lowest BCUT2D eigenvalue weighted by Gasteiger charge is -2.19. The number of aryl methyl sites for hydroxylation is 1. The SMILES string of the molecule is CCC[C@H]1CN(CCOC)C[C@@H]1NC(=O)Cn1cc(C)cn1. The van der Waals surface area contributed by atoms with E-state index in [9.17, 15) is 4.79 Å². The summed E-state index contributed by atoms with van der Waals surface area (Å²) in [6.07, 6.45) is 5.96. The number of methoxy groups -OCH3 is 1. The molecule has 0 aliphatic carbocycles. The lowest BCUT2D eigenvalue weighted by molar-refractivity contribution is -0.122. The van der Waals surface area contributed by atoms with Gasteiger partial charge in [0.05, 0.1) is 12.8 Å². The molecule has 1 aromatic rings. The second-order valence-electron chi connectivity index (χ2n) is 6.19. The summed E-state index contributed by atoms with van der Waals surface area (Å²) in [5.74, 6) is 0.577. The molecule has 1 aliphatic rings. The fourth-order valence-electron chi connectivity index (χ4n) is 3.14. The number of nitrogens with zero attached hydrogens (tertiary/aromatic N) is 3. The molecule has 1 saturated heterocycles. The van der Waals surface area contributed by atoms with Crippen LogP contribution < -0.4 is 5.32 Å². The number of carbonyl (C=O) groups excluding carboxylic acids is 1. The zero-order valence-electron chi connectivity index (χ0n) is 13.9. The Morgan fingerprint density at radius 3 is 2.95 bits per heavy atom. The van der Waals surface area contributed by atoms with Crippen molar-refractivity contribution < 1.29 is 9.53 Å². The molecule has 0 radical (unpaired) electrons. The van der Waals surface area contributed by atoms with Crippen LogP contribution in [0.15, 0.2) is 12.4 Å². The van der Waals surface area contributed by atoms with Crippen LogP contribution in [0.2, 0.25) is 0 Å². The Morgan fingerprint density at radius 1 is 1.50 bits per heavy atom. The van der Waals surface area contributed by atoms with E-state index in [1.807, 2.05) is 13.1 Å². The van der Waals surface area contributed by atoms with Gasteiger partial charge in [0.2, 0.25) is 5.91 Å². The van der Waals surface area contributed by atoms with Gasteiger partial charge in [-0.05, 0) is 24.8 Å². The first kappa shape index (κ1) is 17.0. The predicted molar refractivity (Wildman–Crippen MR) is 85.6 cm³/mol. The number of carbonyl (C=O) groups is 1. The Kier molecular flexibility index (Phi) is 6.39. The van der Waals surface area contributed by atoms with Gasteiger partial charge in [0.15, 0.2) is 0 Å². The molecule has 2 heterocycles. The monoisotopic (exact) mass is 308 g/mol. The van der Waals surface area contributed by atoms with Gasteiger partial charge in [-0.15, -0.1) is 0 Å². The molecule has 6 nitrogen and oxygen atoms in total. The molecule has 2 rings (SSSR count). The van der Waals surface area contributed by atoms with Crippen molar-refractivity contribution >= 4 is 5.91 Å².